The van der Waals surface area contributed by atoms with Crippen LogP contribution in [0.5, 0.6) is 0 Å². The van der Waals surface area contributed by atoms with Gasteiger partial charge >= 0.3 is 0 Å². The molecule has 17 heavy (non-hydrogen) atoms. The van der Waals surface area contributed by atoms with Crippen molar-refractivity contribution in [3.63, 3.8) is 0 Å². The van der Waals surface area contributed by atoms with Gasteiger partial charge in [0.1, 0.15) is 6.07 Å². The lowest BCUT2D eigenvalue weighted by molar-refractivity contribution is -0.167. The summed E-state index contributed by atoms with van der Waals surface area (Å²) in [5, 5.41) is 9.07. The number of hydrogen-bond acceptors (Lipinski definition) is 3. The molecule has 0 aromatic rings. The lowest BCUT2D eigenvalue weighted by atomic mass is 9.60. The second kappa shape index (κ2) is 3.68. The van der Waals surface area contributed by atoms with Crippen LogP contribution < -0.4 is 0 Å². The Kier molecular flexibility index (Phi) is 2.67. The van der Waals surface area contributed by atoms with Crippen LogP contribution in [-0.2, 0) is 9.53 Å². The number of nitrogens with zero attached hydrogens (tertiary/aromatic N) is 1. The van der Waals surface area contributed by atoms with Crippen molar-refractivity contribution in [1.29, 1.82) is 5.26 Å². The van der Waals surface area contributed by atoms with E-state index in [9.17, 15) is 4.79 Å². The summed E-state index contributed by atoms with van der Waals surface area (Å²) < 4.78 is 6.00. The van der Waals surface area contributed by atoms with Gasteiger partial charge < -0.3 is 4.74 Å². The lowest BCUT2D eigenvalue weighted by Gasteiger charge is -2.51. The molecule has 0 unspecified atom stereocenters. The van der Waals surface area contributed by atoms with Gasteiger partial charge in [0.05, 0.1) is 23.2 Å². The molecule has 0 N–H and O–H groups in total. The third-order valence-corrected chi connectivity index (χ3v) is 4.14. The molecule has 1 saturated heterocycles. The van der Waals surface area contributed by atoms with Gasteiger partial charge in [0, 0.05) is 5.41 Å². The number of fused-ring (bicyclic) bond motifs is 1. The molecule has 1 aliphatic carbocycles. The summed E-state index contributed by atoms with van der Waals surface area (Å²) in [5.74, 6) is -0.0865. The second-order valence-corrected chi connectivity index (χ2v) is 6.09. The van der Waals surface area contributed by atoms with Crippen molar-refractivity contribution < 1.29 is 9.53 Å². The fourth-order valence-corrected chi connectivity index (χ4v) is 3.19. The van der Waals surface area contributed by atoms with Crippen molar-refractivity contribution in [2.24, 2.45) is 10.8 Å². The van der Waals surface area contributed by atoms with Crippen LogP contribution in [-0.4, -0.2) is 18.0 Å². The first-order valence-corrected chi connectivity index (χ1v) is 6.14. The molecule has 3 heteroatoms. The molecule has 0 aromatic carbocycles. The van der Waals surface area contributed by atoms with E-state index in [1.165, 1.54) is 0 Å². The van der Waals surface area contributed by atoms with E-state index in [2.05, 4.69) is 6.92 Å². The number of allylic oxidation sites excluding steroid dienone is 1. The van der Waals surface area contributed by atoms with Gasteiger partial charge in [-0.05, 0) is 33.6 Å². The number of ketones is 1. The van der Waals surface area contributed by atoms with E-state index in [-0.39, 0.29) is 23.4 Å². The Morgan fingerprint density at radius 3 is 2.71 bits per heavy atom. The maximum absolute atomic E-state index is 12.2. The molecule has 0 radical (unpaired) electrons. The molecule has 1 fully saturated rings. The van der Waals surface area contributed by atoms with Crippen molar-refractivity contribution >= 4 is 5.78 Å². The molecule has 3 atom stereocenters. The molecular weight excluding hydrogens is 214 g/mol. The van der Waals surface area contributed by atoms with Crippen LogP contribution in [0.3, 0.4) is 0 Å². The number of hydrogen-bond donors (Lipinski definition) is 0. The smallest absolute Gasteiger partial charge is 0.181 e. The molecule has 92 valence electrons. The van der Waals surface area contributed by atoms with Gasteiger partial charge in [-0.2, -0.15) is 5.26 Å². The molecule has 2 rings (SSSR count). The quantitative estimate of drug-likeness (QED) is 0.646. The molecule has 1 heterocycles. The van der Waals surface area contributed by atoms with Gasteiger partial charge in [0.2, 0.25) is 0 Å². The SMILES string of the molecule is C[C@H]1CC[C@@]2(C)C=C(C#N)C(=O)C(C)(C)[C@@H]2O1. The summed E-state index contributed by atoms with van der Waals surface area (Å²) in [6.07, 6.45) is 3.85. The van der Waals surface area contributed by atoms with Crippen LogP contribution in [0.2, 0.25) is 0 Å². The number of Topliss-reactive ketones (excluding diaryl/α,β-unsaturated/α-hetero) is 1. The number of carbonyl (C=O) groups is 1. The fourth-order valence-electron chi connectivity index (χ4n) is 3.19. The molecule has 3 nitrogen and oxygen atoms in total. The predicted octanol–water partition coefficient (Wildman–Crippen LogP) is 2.62. The van der Waals surface area contributed by atoms with E-state index >= 15 is 0 Å². The highest BCUT2D eigenvalue weighted by Gasteiger charge is 2.54. The molecule has 0 spiro atoms. The predicted molar refractivity (Wildman–Crippen MR) is 64.2 cm³/mol. The molecule has 0 amide bonds. The molecule has 0 bridgehead atoms. The van der Waals surface area contributed by atoms with Crippen LogP contribution in [0.4, 0.5) is 0 Å². The summed E-state index contributed by atoms with van der Waals surface area (Å²) >= 11 is 0. The van der Waals surface area contributed by atoms with E-state index < -0.39 is 5.41 Å². The first-order valence-electron chi connectivity index (χ1n) is 6.14. The Balaban J connectivity index is 2.51. The highest BCUT2D eigenvalue weighted by molar-refractivity contribution is 6.04. The first kappa shape index (κ1) is 12.3. The van der Waals surface area contributed by atoms with E-state index in [0.29, 0.717) is 5.57 Å². The maximum atomic E-state index is 12.2. The van der Waals surface area contributed by atoms with Gasteiger partial charge in [-0.25, -0.2) is 0 Å². The first-order chi connectivity index (χ1) is 7.81. The fraction of sp³-hybridized carbons (Fsp3) is 0.714. The molecule has 0 saturated carbocycles. The Morgan fingerprint density at radius 2 is 2.12 bits per heavy atom. The summed E-state index contributed by atoms with van der Waals surface area (Å²) in [6, 6.07) is 2.03. The minimum absolute atomic E-state index is 0.0865. The van der Waals surface area contributed by atoms with Crippen molar-refractivity contribution in [2.75, 3.05) is 0 Å². The molecule has 1 aliphatic heterocycles. The van der Waals surface area contributed by atoms with Crippen LogP contribution in [0.1, 0.15) is 40.5 Å². The summed E-state index contributed by atoms with van der Waals surface area (Å²) in [6.45, 7) is 7.92. The van der Waals surface area contributed by atoms with Gasteiger partial charge in [-0.1, -0.05) is 13.0 Å². The number of carbonyl (C=O) groups excluding carboxylic acids is 1. The number of nitriles is 1. The highest BCUT2D eigenvalue weighted by atomic mass is 16.5. The topological polar surface area (TPSA) is 50.1 Å². The molecule has 0 aromatic heterocycles. The average Bonchev–Trinajstić information content (AvgIpc) is 2.27. The Hall–Kier alpha value is -1.14. The Morgan fingerprint density at radius 1 is 1.47 bits per heavy atom. The zero-order valence-electron chi connectivity index (χ0n) is 10.9. The van der Waals surface area contributed by atoms with E-state index in [0.717, 1.165) is 12.8 Å². The Labute approximate surface area is 102 Å². The van der Waals surface area contributed by atoms with Gasteiger partial charge in [0.15, 0.2) is 5.78 Å². The summed E-state index contributed by atoms with van der Waals surface area (Å²) in [4.78, 5) is 12.2. The molecule has 2 aliphatic rings. The van der Waals surface area contributed by atoms with Gasteiger partial charge in [0.25, 0.3) is 0 Å². The van der Waals surface area contributed by atoms with Crippen LogP contribution in [0, 0.1) is 22.2 Å². The normalized spacial score (nSPS) is 40.2. The van der Waals surface area contributed by atoms with Crippen molar-refractivity contribution in [1.82, 2.24) is 0 Å². The molecular formula is C14H19NO2. The largest absolute Gasteiger partial charge is 0.373 e. The maximum Gasteiger partial charge on any atom is 0.181 e. The standard InChI is InChI=1S/C14H19NO2/c1-9-5-6-14(4)7-10(8-15)11(16)13(2,3)12(14)17-9/h7,9,12H,5-6H2,1-4H3/t9-,12-,14-/m0/s1. The van der Waals surface area contributed by atoms with Crippen LogP contribution >= 0.6 is 0 Å². The van der Waals surface area contributed by atoms with Crippen LogP contribution in [0.25, 0.3) is 0 Å². The van der Waals surface area contributed by atoms with Gasteiger partial charge in [-0.3, -0.25) is 4.79 Å². The second-order valence-electron chi connectivity index (χ2n) is 6.09. The monoisotopic (exact) mass is 233 g/mol. The number of rotatable bonds is 0. The minimum atomic E-state index is -0.608. The lowest BCUT2D eigenvalue weighted by Crippen LogP contribution is -2.55. The van der Waals surface area contributed by atoms with E-state index in [4.69, 9.17) is 10.00 Å². The van der Waals surface area contributed by atoms with Gasteiger partial charge in [-0.15, -0.1) is 0 Å². The van der Waals surface area contributed by atoms with Crippen molar-refractivity contribution in [3.8, 4) is 6.07 Å². The third-order valence-electron chi connectivity index (χ3n) is 4.14. The third kappa shape index (κ3) is 1.71. The van der Waals surface area contributed by atoms with E-state index in [1.807, 2.05) is 32.9 Å². The highest BCUT2D eigenvalue weighted by Crippen LogP contribution is 2.50. The summed E-state index contributed by atoms with van der Waals surface area (Å²) in [7, 11) is 0. The van der Waals surface area contributed by atoms with Crippen molar-refractivity contribution in [3.05, 3.63) is 11.6 Å². The van der Waals surface area contributed by atoms with Crippen LogP contribution in [0.15, 0.2) is 11.6 Å². The summed E-state index contributed by atoms with van der Waals surface area (Å²) in [5.41, 5.74) is -0.495. The zero-order valence-corrected chi connectivity index (χ0v) is 10.9. The zero-order chi connectivity index (χ0) is 12.8. The Bertz CT molecular complexity index is 430. The van der Waals surface area contributed by atoms with E-state index in [1.54, 1.807) is 0 Å². The minimum Gasteiger partial charge on any atom is -0.373 e. The number of ether oxygens (including phenoxy) is 1. The van der Waals surface area contributed by atoms with Crippen molar-refractivity contribution in [2.45, 2.75) is 52.7 Å². The average molecular weight is 233 g/mol.